The number of ether oxygens (including phenoxy) is 1. The molecule has 0 aromatic rings. The van der Waals surface area contributed by atoms with Gasteiger partial charge in [-0.1, -0.05) is 60.3 Å². The Kier molecular flexibility index (Phi) is 13.0. The molecule has 5 nitrogen and oxygen atoms in total. The number of nitrogens with one attached hydrogen (secondary N) is 1. The van der Waals surface area contributed by atoms with E-state index in [0.29, 0.717) is 16.9 Å². The Morgan fingerprint density at radius 1 is 0.962 bits per heavy atom. The monoisotopic (exact) mass is 373 g/mol. The minimum Gasteiger partial charge on any atom is -0.450 e. The lowest BCUT2D eigenvalue weighted by Gasteiger charge is -2.31. The molecule has 1 aliphatic rings. The highest BCUT2D eigenvalue weighted by atomic mass is 16.6. The van der Waals surface area contributed by atoms with Gasteiger partial charge >= 0.3 is 6.16 Å². The first-order valence-corrected chi connectivity index (χ1v) is 10.3. The van der Waals surface area contributed by atoms with Crippen LogP contribution in [0.5, 0.6) is 0 Å². The Bertz CT molecular complexity index is 359. The fourth-order valence-corrected chi connectivity index (χ4v) is 3.40. The van der Waals surface area contributed by atoms with Gasteiger partial charge in [0.15, 0.2) is 0 Å². The molecule has 0 atom stereocenters. The van der Waals surface area contributed by atoms with E-state index in [4.69, 9.17) is 19.7 Å². The maximum absolute atomic E-state index is 8.56. The second kappa shape index (κ2) is 13.4. The van der Waals surface area contributed by atoms with Crippen molar-refractivity contribution in [1.82, 2.24) is 5.32 Å². The summed E-state index contributed by atoms with van der Waals surface area (Å²) in [7, 11) is 0. The van der Waals surface area contributed by atoms with Crippen LogP contribution in [0, 0.1) is 10.8 Å². The van der Waals surface area contributed by atoms with E-state index in [1.165, 1.54) is 57.8 Å². The van der Waals surface area contributed by atoms with Crippen molar-refractivity contribution in [2.75, 3.05) is 19.7 Å². The molecule has 3 N–H and O–H groups in total. The van der Waals surface area contributed by atoms with E-state index < -0.39 is 6.16 Å². The first-order chi connectivity index (χ1) is 12.1. The van der Waals surface area contributed by atoms with Gasteiger partial charge in [-0.05, 0) is 56.0 Å². The molecule has 156 valence electrons. The molecule has 0 aromatic carbocycles. The van der Waals surface area contributed by atoms with E-state index in [1.807, 2.05) is 0 Å². The van der Waals surface area contributed by atoms with Crippen molar-refractivity contribution in [3.63, 3.8) is 0 Å². The lowest BCUT2D eigenvalue weighted by atomic mass is 9.79. The molecule has 1 heterocycles. The lowest BCUT2D eigenvalue weighted by Crippen LogP contribution is -2.34. The van der Waals surface area contributed by atoms with Crippen LogP contribution in [0.4, 0.5) is 4.79 Å². The molecule has 0 saturated carbocycles. The fourth-order valence-electron chi connectivity index (χ4n) is 3.40. The molecular formula is C21H43NO4. The normalized spacial score (nSPS) is 16.0. The van der Waals surface area contributed by atoms with E-state index in [1.54, 1.807) is 0 Å². The molecule has 0 amide bonds. The minimum absolute atomic E-state index is 0.324. The van der Waals surface area contributed by atoms with Gasteiger partial charge in [0.2, 0.25) is 0 Å². The fraction of sp³-hybridized carbons (Fsp3) is 0.952. The second-order valence-electron chi connectivity index (χ2n) is 9.18. The smallest absolute Gasteiger partial charge is 0.450 e. The van der Waals surface area contributed by atoms with E-state index in [2.05, 4.69) is 39.9 Å². The maximum Gasteiger partial charge on any atom is 0.503 e. The molecule has 0 aromatic heterocycles. The number of carboxylic acid groups (broad SMARTS) is 2. The number of carbonyl (C=O) groups is 1. The summed E-state index contributed by atoms with van der Waals surface area (Å²) < 4.78 is 6.17. The molecule has 0 radical (unpaired) electrons. The van der Waals surface area contributed by atoms with Crippen molar-refractivity contribution < 1.29 is 19.7 Å². The molecule has 1 fully saturated rings. The zero-order valence-electron chi connectivity index (χ0n) is 17.8. The van der Waals surface area contributed by atoms with Gasteiger partial charge in [0.25, 0.3) is 0 Å². The summed E-state index contributed by atoms with van der Waals surface area (Å²) in [6, 6.07) is 0. The zero-order valence-corrected chi connectivity index (χ0v) is 17.8. The van der Waals surface area contributed by atoms with Gasteiger partial charge in [0.1, 0.15) is 0 Å². The largest absolute Gasteiger partial charge is 0.503 e. The topological polar surface area (TPSA) is 78.8 Å². The summed E-state index contributed by atoms with van der Waals surface area (Å²) >= 11 is 0. The molecule has 1 rings (SSSR count). The van der Waals surface area contributed by atoms with Crippen LogP contribution in [0.15, 0.2) is 0 Å². The SMILES string of the molecule is CCCCCC(C)(C)CCCC(C)(C)COC1CCNCC1.O=C(O)O. The maximum atomic E-state index is 8.56. The number of unbranched alkanes of at least 4 members (excludes halogenated alkanes) is 2. The highest BCUT2D eigenvalue weighted by molar-refractivity contribution is 5.53. The van der Waals surface area contributed by atoms with Gasteiger partial charge in [-0.2, -0.15) is 0 Å². The van der Waals surface area contributed by atoms with Crippen molar-refractivity contribution in [3.8, 4) is 0 Å². The first-order valence-electron chi connectivity index (χ1n) is 10.3. The van der Waals surface area contributed by atoms with Gasteiger partial charge in [-0.3, -0.25) is 0 Å². The Balaban J connectivity index is 0.00000141. The van der Waals surface area contributed by atoms with Crippen molar-refractivity contribution in [2.45, 2.75) is 98.5 Å². The molecule has 26 heavy (non-hydrogen) atoms. The average Bonchev–Trinajstić information content (AvgIpc) is 2.53. The van der Waals surface area contributed by atoms with Crippen LogP contribution in [-0.4, -0.2) is 42.2 Å². The van der Waals surface area contributed by atoms with Gasteiger partial charge in [-0.25, -0.2) is 4.79 Å². The van der Waals surface area contributed by atoms with Crippen molar-refractivity contribution in [3.05, 3.63) is 0 Å². The quantitative estimate of drug-likeness (QED) is 0.400. The Labute approximate surface area is 160 Å². The predicted molar refractivity (Wildman–Crippen MR) is 108 cm³/mol. The summed E-state index contributed by atoms with van der Waals surface area (Å²) in [5, 5.41) is 17.3. The van der Waals surface area contributed by atoms with E-state index >= 15 is 0 Å². The Morgan fingerprint density at radius 2 is 1.46 bits per heavy atom. The van der Waals surface area contributed by atoms with Crippen molar-refractivity contribution >= 4 is 6.16 Å². The molecular weight excluding hydrogens is 330 g/mol. The minimum atomic E-state index is -1.83. The number of hydrogen-bond acceptors (Lipinski definition) is 3. The highest BCUT2D eigenvalue weighted by Gasteiger charge is 2.23. The van der Waals surface area contributed by atoms with Gasteiger partial charge < -0.3 is 20.3 Å². The van der Waals surface area contributed by atoms with E-state index in [9.17, 15) is 0 Å². The van der Waals surface area contributed by atoms with E-state index in [0.717, 1.165) is 19.7 Å². The molecule has 0 unspecified atom stereocenters. The number of rotatable bonds is 11. The summed E-state index contributed by atoms with van der Waals surface area (Å²) in [6.45, 7) is 15.1. The average molecular weight is 374 g/mol. The van der Waals surface area contributed by atoms with Crippen LogP contribution in [0.1, 0.15) is 92.4 Å². The van der Waals surface area contributed by atoms with Crippen molar-refractivity contribution in [2.24, 2.45) is 10.8 Å². The highest BCUT2D eigenvalue weighted by Crippen LogP contribution is 2.33. The molecule has 1 aliphatic heterocycles. The van der Waals surface area contributed by atoms with Crippen molar-refractivity contribution in [1.29, 1.82) is 0 Å². The summed E-state index contributed by atoms with van der Waals surface area (Å²) in [6.07, 6.45) is 10.5. The second-order valence-corrected chi connectivity index (χ2v) is 9.18. The Morgan fingerprint density at radius 3 is 2.00 bits per heavy atom. The Hall–Kier alpha value is -0.810. The number of hydrogen-bond donors (Lipinski definition) is 3. The summed E-state index contributed by atoms with van der Waals surface area (Å²) in [5.74, 6) is 0. The third-order valence-corrected chi connectivity index (χ3v) is 5.16. The molecule has 0 spiro atoms. The molecule has 1 saturated heterocycles. The third-order valence-electron chi connectivity index (χ3n) is 5.16. The molecule has 5 heteroatoms. The predicted octanol–water partition coefficient (Wildman–Crippen LogP) is 5.78. The first kappa shape index (κ1) is 25.2. The third kappa shape index (κ3) is 15.4. The molecule has 0 aliphatic carbocycles. The summed E-state index contributed by atoms with van der Waals surface area (Å²) in [5.41, 5.74) is 0.839. The van der Waals surface area contributed by atoms with E-state index in [-0.39, 0.29) is 0 Å². The van der Waals surface area contributed by atoms with Crippen LogP contribution in [0.2, 0.25) is 0 Å². The number of piperidine rings is 1. The lowest BCUT2D eigenvalue weighted by molar-refractivity contribution is -0.0152. The van der Waals surface area contributed by atoms with Crippen LogP contribution in [0.3, 0.4) is 0 Å². The van der Waals surface area contributed by atoms with Crippen LogP contribution in [-0.2, 0) is 4.74 Å². The summed E-state index contributed by atoms with van der Waals surface area (Å²) in [4.78, 5) is 8.56. The van der Waals surface area contributed by atoms with Crippen LogP contribution in [0.25, 0.3) is 0 Å². The van der Waals surface area contributed by atoms with Crippen LogP contribution >= 0.6 is 0 Å². The standard InChI is InChI=1S/C20H41NO.CH2O3/c1-6-7-8-12-19(2,3)13-9-14-20(4,5)17-22-18-10-15-21-16-11-18;2-1(3)4/h18,21H,6-17H2,1-5H3;(H2,2,3,4). The van der Waals surface area contributed by atoms with Crippen LogP contribution < -0.4 is 5.32 Å². The van der Waals surface area contributed by atoms with Gasteiger partial charge in [-0.15, -0.1) is 0 Å². The van der Waals surface area contributed by atoms with Gasteiger partial charge in [0.05, 0.1) is 12.7 Å². The molecule has 0 bridgehead atoms. The van der Waals surface area contributed by atoms with Gasteiger partial charge in [0, 0.05) is 0 Å². The zero-order chi connectivity index (χ0) is 20.1.